The maximum absolute atomic E-state index is 8.94. The van der Waals surface area contributed by atoms with Gasteiger partial charge in [-0.15, -0.1) is 0 Å². The van der Waals surface area contributed by atoms with Gasteiger partial charge in [-0.25, -0.2) is 0 Å². The Labute approximate surface area is 149 Å². The number of unbranched alkanes of at least 4 members (excludes halogenated alkanes) is 7. The normalized spacial score (nSPS) is 12.8. The Hall–Kier alpha value is -0.593. The summed E-state index contributed by atoms with van der Waals surface area (Å²) in [6, 6.07) is 0. The molecule has 0 N–H and O–H groups in total. The van der Waals surface area contributed by atoms with Gasteiger partial charge in [-0.2, -0.15) is 0 Å². The SMILES string of the molecule is CCCCCCCCCCC(N=[N+]=[N-])[Si](OCC)(OCC)OCC. The number of nitrogens with zero attached hydrogens (tertiary/aromatic N) is 3. The highest BCUT2D eigenvalue weighted by Gasteiger charge is 2.48. The zero-order valence-corrected chi connectivity index (χ0v) is 17.1. The number of azide groups is 1. The Bertz CT molecular complexity index is 322. The standard InChI is InChI=1S/C17H37N3O3Si/c1-5-9-10-11-12-13-14-15-16-17(19-20-18)24(21-6-2,22-7-3)23-8-4/h17H,5-16H2,1-4H3. The molecule has 0 aromatic carbocycles. The Morgan fingerprint density at radius 3 is 1.67 bits per heavy atom. The summed E-state index contributed by atoms with van der Waals surface area (Å²) >= 11 is 0. The second-order valence-electron chi connectivity index (χ2n) is 5.89. The molecule has 0 saturated heterocycles. The highest BCUT2D eigenvalue weighted by Crippen LogP contribution is 2.23. The van der Waals surface area contributed by atoms with E-state index in [1.54, 1.807) is 0 Å². The van der Waals surface area contributed by atoms with Gasteiger partial charge in [-0.05, 0) is 32.7 Å². The van der Waals surface area contributed by atoms with Crippen LogP contribution in [0.3, 0.4) is 0 Å². The fourth-order valence-corrected chi connectivity index (χ4v) is 5.64. The molecule has 0 aromatic heterocycles. The van der Waals surface area contributed by atoms with E-state index in [9.17, 15) is 0 Å². The van der Waals surface area contributed by atoms with Gasteiger partial charge in [-0.3, -0.25) is 0 Å². The fraction of sp³-hybridized carbons (Fsp3) is 1.00. The van der Waals surface area contributed by atoms with Gasteiger partial charge in [0.1, 0.15) is 5.67 Å². The zero-order valence-electron chi connectivity index (χ0n) is 16.1. The van der Waals surface area contributed by atoms with E-state index < -0.39 is 8.80 Å². The minimum absolute atomic E-state index is 0.331. The number of hydrogen-bond acceptors (Lipinski definition) is 4. The van der Waals surface area contributed by atoms with Crippen LogP contribution in [0.4, 0.5) is 0 Å². The van der Waals surface area contributed by atoms with Gasteiger partial charge in [-0.1, -0.05) is 63.4 Å². The molecule has 142 valence electrons. The molecule has 0 spiro atoms. The van der Waals surface area contributed by atoms with Crippen molar-refractivity contribution >= 4 is 8.80 Å². The predicted octanol–water partition coefficient (Wildman–Crippen LogP) is 5.78. The summed E-state index contributed by atoms with van der Waals surface area (Å²) in [6.07, 6.45) is 10.7. The van der Waals surface area contributed by atoms with Gasteiger partial charge in [0.15, 0.2) is 0 Å². The molecule has 24 heavy (non-hydrogen) atoms. The van der Waals surface area contributed by atoms with Crippen LogP contribution in [0.25, 0.3) is 10.4 Å². The first-order chi connectivity index (χ1) is 11.7. The molecule has 1 atom stereocenters. The molecular weight excluding hydrogens is 322 g/mol. The van der Waals surface area contributed by atoms with Crippen molar-refractivity contribution in [2.24, 2.45) is 5.11 Å². The van der Waals surface area contributed by atoms with E-state index in [0.29, 0.717) is 19.8 Å². The number of hydrogen-bond donors (Lipinski definition) is 0. The topological polar surface area (TPSA) is 76.5 Å². The van der Waals surface area contributed by atoms with E-state index in [-0.39, 0.29) is 5.67 Å². The van der Waals surface area contributed by atoms with Crippen molar-refractivity contribution in [3.63, 3.8) is 0 Å². The Morgan fingerprint density at radius 1 is 0.792 bits per heavy atom. The van der Waals surface area contributed by atoms with E-state index in [1.807, 2.05) is 20.8 Å². The van der Waals surface area contributed by atoms with E-state index in [2.05, 4.69) is 16.9 Å². The lowest BCUT2D eigenvalue weighted by atomic mass is 10.1. The van der Waals surface area contributed by atoms with E-state index in [0.717, 1.165) is 19.3 Å². The Balaban J connectivity index is 4.48. The van der Waals surface area contributed by atoms with Crippen LogP contribution >= 0.6 is 0 Å². The lowest BCUT2D eigenvalue weighted by Gasteiger charge is -2.33. The molecule has 1 unspecified atom stereocenters. The second kappa shape index (κ2) is 15.9. The largest absolute Gasteiger partial charge is 0.510 e. The highest BCUT2D eigenvalue weighted by atomic mass is 28.4. The molecule has 7 heteroatoms. The Kier molecular flexibility index (Phi) is 15.5. The van der Waals surface area contributed by atoms with Crippen molar-refractivity contribution in [2.75, 3.05) is 19.8 Å². The summed E-state index contributed by atoms with van der Waals surface area (Å²) in [4.78, 5) is 3.02. The van der Waals surface area contributed by atoms with E-state index in [1.165, 1.54) is 38.5 Å². The smallest absolute Gasteiger partial charge is 0.374 e. The maximum Gasteiger partial charge on any atom is 0.510 e. The molecule has 0 aliphatic heterocycles. The summed E-state index contributed by atoms with van der Waals surface area (Å²) in [6.45, 7) is 9.50. The van der Waals surface area contributed by atoms with Gasteiger partial charge in [0.05, 0.1) is 0 Å². The third-order valence-electron chi connectivity index (χ3n) is 3.97. The molecule has 0 aliphatic carbocycles. The zero-order chi connectivity index (χ0) is 18.1. The van der Waals surface area contributed by atoms with Gasteiger partial charge >= 0.3 is 8.80 Å². The molecule has 0 radical (unpaired) electrons. The van der Waals surface area contributed by atoms with Crippen LogP contribution in [0.2, 0.25) is 0 Å². The van der Waals surface area contributed by atoms with Crippen molar-refractivity contribution in [3.05, 3.63) is 10.4 Å². The Morgan fingerprint density at radius 2 is 1.25 bits per heavy atom. The third kappa shape index (κ3) is 9.64. The fourth-order valence-electron chi connectivity index (χ4n) is 2.86. The van der Waals surface area contributed by atoms with Crippen LogP contribution in [0, 0.1) is 0 Å². The molecule has 0 fully saturated rings. The van der Waals surface area contributed by atoms with Crippen molar-refractivity contribution in [2.45, 2.75) is 91.1 Å². The van der Waals surface area contributed by atoms with Crippen molar-refractivity contribution < 1.29 is 13.3 Å². The van der Waals surface area contributed by atoms with Crippen LogP contribution < -0.4 is 0 Å². The quantitative estimate of drug-likeness (QED) is 0.108. The van der Waals surface area contributed by atoms with Gasteiger partial charge in [0, 0.05) is 24.7 Å². The maximum atomic E-state index is 8.94. The average Bonchev–Trinajstić information content (AvgIpc) is 2.57. The summed E-state index contributed by atoms with van der Waals surface area (Å²) in [5, 5.41) is 3.98. The highest BCUT2D eigenvalue weighted by molar-refractivity contribution is 6.62. The van der Waals surface area contributed by atoms with Crippen molar-refractivity contribution in [1.82, 2.24) is 0 Å². The molecule has 0 amide bonds. The molecule has 6 nitrogen and oxygen atoms in total. The molecule has 0 saturated carbocycles. The lowest BCUT2D eigenvalue weighted by molar-refractivity contribution is 0.0611. The number of rotatable bonds is 17. The molecular formula is C17H37N3O3Si. The van der Waals surface area contributed by atoms with Gasteiger partial charge in [0.2, 0.25) is 0 Å². The molecule has 0 rings (SSSR count). The molecule has 0 bridgehead atoms. The van der Waals surface area contributed by atoms with Crippen LogP contribution in [-0.4, -0.2) is 34.3 Å². The van der Waals surface area contributed by atoms with E-state index >= 15 is 0 Å². The summed E-state index contributed by atoms with van der Waals surface area (Å²) in [5.41, 5.74) is 8.61. The minimum Gasteiger partial charge on any atom is -0.374 e. The van der Waals surface area contributed by atoms with Crippen LogP contribution in [0.15, 0.2) is 5.11 Å². The lowest BCUT2D eigenvalue weighted by Crippen LogP contribution is -2.55. The second-order valence-corrected chi connectivity index (χ2v) is 8.63. The average molecular weight is 360 g/mol. The molecule has 0 aromatic rings. The predicted molar refractivity (Wildman–Crippen MR) is 101 cm³/mol. The van der Waals surface area contributed by atoms with Crippen LogP contribution in [-0.2, 0) is 13.3 Å². The van der Waals surface area contributed by atoms with Gasteiger partial charge < -0.3 is 13.3 Å². The summed E-state index contributed by atoms with van der Waals surface area (Å²) in [5.74, 6) is 0. The minimum atomic E-state index is -2.95. The van der Waals surface area contributed by atoms with Crippen LogP contribution in [0.5, 0.6) is 0 Å². The van der Waals surface area contributed by atoms with E-state index in [4.69, 9.17) is 18.8 Å². The first-order valence-electron chi connectivity index (χ1n) is 9.66. The van der Waals surface area contributed by atoms with Crippen molar-refractivity contribution in [3.8, 4) is 0 Å². The van der Waals surface area contributed by atoms with Crippen LogP contribution in [0.1, 0.15) is 85.5 Å². The van der Waals surface area contributed by atoms with Crippen molar-refractivity contribution in [1.29, 1.82) is 0 Å². The summed E-state index contributed by atoms with van der Waals surface area (Å²) in [7, 11) is -2.95. The monoisotopic (exact) mass is 359 g/mol. The summed E-state index contributed by atoms with van der Waals surface area (Å²) < 4.78 is 17.6. The first kappa shape index (κ1) is 23.4. The third-order valence-corrected chi connectivity index (χ3v) is 7.26. The molecule has 0 heterocycles. The van der Waals surface area contributed by atoms with Gasteiger partial charge in [0.25, 0.3) is 0 Å². The first-order valence-corrected chi connectivity index (χ1v) is 11.5. The molecule has 0 aliphatic rings.